The second-order valence-corrected chi connectivity index (χ2v) is 4.82. The number of ether oxygens (including phenoxy) is 1. The van der Waals surface area contributed by atoms with Crippen molar-refractivity contribution in [2.45, 2.75) is 37.8 Å². The van der Waals surface area contributed by atoms with Gasteiger partial charge in [-0.1, -0.05) is 12.1 Å². The number of benzene rings is 1. The molecule has 1 aliphatic carbocycles. The smallest absolute Gasteiger partial charge is 0.251 e. The first kappa shape index (κ1) is 13.4. The Morgan fingerprint density at radius 1 is 1.50 bits per heavy atom. The molecule has 0 unspecified atom stereocenters. The third kappa shape index (κ3) is 3.24. The van der Waals surface area contributed by atoms with Crippen LogP contribution in [0, 0.1) is 0 Å². The zero-order valence-corrected chi connectivity index (χ0v) is 11.2. The molecule has 0 bridgehead atoms. The van der Waals surface area contributed by atoms with Gasteiger partial charge >= 0.3 is 0 Å². The van der Waals surface area contributed by atoms with Gasteiger partial charge in [-0.05, 0) is 37.5 Å². The molecule has 0 heterocycles. The standard InChI is InChI=1S/C14H18ClNO2/c1-2-18-13-7-12(8-13)16-14(17)11-5-3-4-10(6-11)9-15/h3-6,12-13H,2,7-9H2,1H3,(H,16,17). The van der Waals surface area contributed by atoms with Crippen LogP contribution in [0.4, 0.5) is 0 Å². The molecule has 0 spiro atoms. The van der Waals surface area contributed by atoms with Gasteiger partial charge in [0.2, 0.25) is 0 Å². The minimum absolute atomic E-state index is 0.0260. The molecule has 0 aliphatic heterocycles. The van der Waals surface area contributed by atoms with Crippen molar-refractivity contribution >= 4 is 17.5 Å². The molecule has 4 heteroatoms. The van der Waals surface area contributed by atoms with Crippen LogP contribution < -0.4 is 5.32 Å². The maximum Gasteiger partial charge on any atom is 0.251 e. The largest absolute Gasteiger partial charge is 0.378 e. The van der Waals surface area contributed by atoms with Crippen molar-refractivity contribution in [3.05, 3.63) is 35.4 Å². The Balaban J connectivity index is 1.85. The molecule has 0 aromatic heterocycles. The molecular weight excluding hydrogens is 250 g/mol. The van der Waals surface area contributed by atoms with Gasteiger partial charge in [0, 0.05) is 24.1 Å². The summed E-state index contributed by atoms with van der Waals surface area (Å²) in [6, 6.07) is 7.66. The molecule has 1 fully saturated rings. The second-order valence-electron chi connectivity index (χ2n) is 4.55. The molecule has 1 aliphatic rings. The predicted octanol–water partition coefficient (Wildman–Crippen LogP) is 2.72. The average molecular weight is 268 g/mol. The van der Waals surface area contributed by atoms with Crippen molar-refractivity contribution in [2.24, 2.45) is 0 Å². The monoisotopic (exact) mass is 267 g/mol. The van der Waals surface area contributed by atoms with Crippen LogP contribution in [0.5, 0.6) is 0 Å². The Morgan fingerprint density at radius 3 is 2.94 bits per heavy atom. The second kappa shape index (κ2) is 6.21. The summed E-state index contributed by atoms with van der Waals surface area (Å²) in [5.74, 6) is 0.402. The van der Waals surface area contributed by atoms with E-state index in [1.54, 1.807) is 0 Å². The first-order valence-corrected chi connectivity index (χ1v) is 6.83. The molecule has 0 saturated heterocycles. The van der Waals surface area contributed by atoms with E-state index in [2.05, 4.69) is 5.32 Å². The van der Waals surface area contributed by atoms with Gasteiger partial charge in [0.25, 0.3) is 5.91 Å². The van der Waals surface area contributed by atoms with Crippen LogP contribution in [0.2, 0.25) is 0 Å². The molecule has 0 atom stereocenters. The summed E-state index contributed by atoms with van der Waals surface area (Å²) in [7, 11) is 0. The number of carbonyl (C=O) groups is 1. The van der Waals surface area contributed by atoms with E-state index >= 15 is 0 Å². The lowest BCUT2D eigenvalue weighted by Gasteiger charge is -2.35. The number of hydrogen-bond donors (Lipinski definition) is 1. The van der Waals surface area contributed by atoms with E-state index in [1.807, 2.05) is 31.2 Å². The number of carbonyl (C=O) groups excluding carboxylic acids is 1. The minimum atomic E-state index is -0.0260. The molecule has 1 saturated carbocycles. The topological polar surface area (TPSA) is 38.3 Å². The Kier molecular flexibility index (Phi) is 4.61. The maximum atomic E-state index is 12.0. The lowest BCUT2D eigenvalue weighted by molar-refractivity contribution is -0.00862. The lowest BCUT2D eigenvalue weighted by Crippen LogP contribution is -2.47. The van der Waals surface area contributed by atoms with E-state index < -0.39 is 0 Å². The van der Waals surface area contributed by atoms with Gasteiger partial charge in [0.05, 0.1) is 6.10 Å². The molecule has 1 N–H and O–H groups in total. The number of hydrogen-bond acceptors (Lipinski definition) is 2. The molecular formula is C14H18ClNO2. The van der Waals surface area contributed by atoms with Crippen molar-refractivity contribution in [2.75, 3.05) is 6.61 Å². The quantitative estimate of drug-likeness (QED) is 0.833. The van der Waals surface area contributed by atoms with Gasteiger partial charge < -0.3 is 10.1 Å². The number of amides is 1. The van der Waals surface area contributed by atoms with Crippen molar-refractivity contribution in [1.29, 1.82) is 0 Å². The van der Waals surface area contributed by atoms with Gasteiger partial charge in [0.15, 0.2) is 0 Å². The fourth-order valence-corrected chi connectivity index (χ4v) is 2.29. The summed E-state index contributed by atoms with van der Waals surface area (Å²) < 4.78 is 5.46. The van der Waals surface area contributed by atoms with Crippen LogP contribution in [0.15, 0.2) is 24.3 Å². The summed E-state index contributed by atoms with van der Waals surface area (Å²) in [6.07, 6.45) is 2.14. The number of halogens is 1. The molecule has 1 amide bonds. The Hall–Kier alpha value is -1.06. The SMILES string of the molecule is CCOC1CC(NC(=O)c2cccc(CCl)c2)C1. The highest BCUT2D eigenvalue weighted by Crippen LogP contribution is 2.23. The van der Waals surface area contributed by atoms with E-state index in [4.69, 9.17) is 16.3 Å². The Morgan fingerprint density at radius 2 is 2.28 bits per heavy atom. The van der Waals surface area contributed by atoms with E-state index in [1.165, 1.54) is 0 Å². The first-order chi connectivity index (χ1) is 8.72. The molecule has 0 radical (unpaired) electrons. The van der Waals surface area contributed by atoms with Crippen LogP contribution in [-0.2, 0) is 10.6 Å². The van der Waals surface area contributed by atoms with Gasteiger partial charge in [-0.2, -0.15) is 0 Å². The highest BCUT2D eigenvalue weighted by Gasteiger charge is 2.30. The van der Waals surface area contributed by atoms with Crippen molar-refractivity contribution in [3.8, 4) is 0 Å². The fourth-order valence-electron chi connectivity index (χ4n) is 2.12. The lowest BCUT2D eigenvalue weighted by atomic mass is 9.89. The van der Waals surface area contributed by atoms with Crippen molar-refractivity contribution in [1.82, 2.24) is 5.32 Å². The van der Waals surface area contributed by atoms with E-state index in [-0.39, 0.29) is 11.9 Å². The van der Waals surface area contributed by atoms with Gasteiger partial charge in [-0.3, -0.25) is 4.79 Å². The van der Waals surface area contributed by atoms with E-state index in [0.717, 1.165) is 25.0 Å². The van der Waals surface area contributed by atoms with E-state index in [0.29, 0.717) is 17.5 Å². The summed E-state index contributed by atoms with van der Waals surface area (Å²) in [4.78, 5) is 12.0. The zero-order chi connectivity index (χ0) is 13.0. The van der Waals surface area contributed by atoms with Crippen LogP contribution >= 0.6 is 11.6 Å². The highest BCUT2D eigenvalue weighted by molar-refractivity contribution is 6.17. The van der Waals surface area contributed by atoms with Gasteiger partial charge in [-0.25, -0.2) is 0 Å². The van der Waals surface area contributed by atoms with Gasteiger partial charge in [0.1, 0.15) is 0 Å². The number of nitrogens with one attached hydrogen (secondary N) is 1. The van der Waals surface area contributed by atoms with Gasteiger partial charge in [-0.15, -0.1) is 11.6 Å². The maximum absolute atomic E-state index is 12.0. The average Bonchev–Trinajstić information content (AvgIpc) is 2.36. The number of rotatable bonds is 5. The Labute approximate surface area is 112 Å². The number of alkyl halides is 1. The van der Waals surface area contributed by atoms with Crippen LogP contribution in [-0.4, -0.2) is 24.7 Å². The highest BCUT2D eigenvalue weighted by atomic mass is 35.5. The van der Waals surface area contributed by atoms with Crippen molar-refractivity contribution < 1.29 is 9.53 Å². The Bertz CT molecular complexity index is 416. The van der Waals surface area contributed by atoms with Crippen molar-refractivity contribution in [3.63, 3.8) is 0 Å². The predicted molar refractivity (Wildman–Crippen MR) is 71.9 cm³/mol. The third-order valence-corrected chi connectivity index (χ3v) is 3.48. The molecule has 2 rings (SSSR count). The summed E-state index contributed by atoms with van der Waals surface area (Å²) >= 11 is 5.75. The summed E-state index contributed by atoms with van der Waals surface area (Å²) in [5, 5.41) is 3.01. The molecule has 98 valence electrons. The van der Waals surface area contributed by atoms with Crippen LogP contribution in [0.3, 0.4) is 0 Å². The first-order valence-electron chi connectivity index (χ1n) is 6.30. The summed E-state index contributed by atoms with van der Waals surface area (Å²) in [6.45, 7) is 2.73. The van der Waals surface area contributed by atoms with E-state index in [9.17, 15) is 4.79 Å². The fraction of sp³-hybridized carbons (Fsp3) is 0.500. The van der Waals surface area contributed by atoms with Crippen LogP contribution in [0.25, 0.3) is 0 Å². The molecule has 1 aromatic rings. The molecule has 3 nitrogen and oxygen atoms in total. The normalized spacial score (nSPS) is 22.3. The zero-order valence-electron chi connectivity index (χ0n) is 10.5. The minimum Gasteiger partial charge on any atom is -0.378 e. The van der Waals surface area contributed by atoms with Crippen LogP contribution in [0.1, 0.15) is 35.7 Å². The summed E-state index contributed by atoms with van der Waals surface area (Å²) in [5.41, 5.74) is 1.64. The molecule has 1 aromatic carbocycles. The molecule has 18 heavy (non-hydrogen) atoms. The third-order valence-electron chi connectivity index (χ3n) is 3.18.